The van der Waals surface area contributed by atoms with E-state index in [0.717, 1.165) is 29.1 Å². The summed E-state index contributed by atoms with van der Waals surface area (Å²) in [6.45, 7) is 4.08. The average molecular weight is 354 g/mol. The number of amides is 1. The average Bonchev–Trinajstić information content (AvgIpc) is 3.06. The van der Waals surface area contributed by atoms with E-state index in [9.17, 15) is 4.79 Å². The Morgan fingerprint density at radius 1 is 1.12 bits per heavy atom. The van der Waals surface area contributed by atoms with Gasteiger partial charge in [0, 0.05) is 10.7 Å². The van der Waals surface area contributed by atoms with Crippen molar-refractivity contribution in [2.75, 3.05) is 5.32 Å². The maximum atomic E-state index is 12.8. The van der Waals surface area contributed by atoms with Crippen LogP contribution in [-0.2, 0) is 12.8 Å². The van der Waals surface area contributed by atoms with Crippen molar-refractivity contribution in [3.8, 4) is 5.69 Å². The standard InChI is InChI=1S/C20H20ClN3O/c1-3-14-8-5-6-11-18(14)23-20(25)17-13-22-24(19(17)4-2)16-10-7-9-15(21)12-16/h5-13H,3-4H2,1-2H3,(H,23,25). The van der Waals surface area contributed by atoms with Crippen LogP contribution in [0.25, 0.3) is 5.69 Å². The van der Waals surface area contributed by atoms with Crippen molar-refractivity contribution < 1.29 is 4.79 Å². The van der Waals surface area contributed by atoms with E-state index in [2.05, 4.69) is 17.3 Å². The quantitative estimate of drug-likeness (QED) is 0.708. The van der Waals surface area contributed by atoms with Crippen molar-refractivity contribution >= 4 is 23.2 Å². The van der Waals surface area contributed by atoms with Gasteiger partial charge in [-0.05, 0) is 42.7 Å². The van der Waals surface area contributed by atoms with Gasteiger partial charge in [-0.3, -0.25) is 4.79 Å². The summed E-state index contributed by atoms with van der Waals surface area (Å²) in [5.74, 6) is -0.147. The van der Waals surface area contributed by atoms with Gasteiger partial charge in [0.15, 0.2) is 0 Å². The number of hydrogen-bond donors (Lipinski definition) is 1. The van der Waals surface area contributed by atoms with Crippen molar-refractivity contribution in [1.82, 2.24) is 9.78 Å². The molecule has 1 amide bonds. The van der Waals surface area contributed by atoms with Crippen LogP contribution >= 0.6 is 11.6 Å². The molecule has 0 atom stereocenters. The normalized spacial score (nSPS) is 10.7. The van der Waals surface area contributed by atoms with Crippen LogP contribution < -0.4 is 5.32 Å². The van der Waals surface area contributed by atoms with Gasteiger partial charge in [0.05, 0.1) is 23.1 Å². The number of nitrogens with zero attached hydrogens (tertiary/aromatic N) is 2. The maximum Gasteiger partial charge on any atom is 0.259 e. The summed E-state index contributed by atoms with van der Waals surface area (Å²) in [5, 5.41) is 8.05. The Morgan fingerprint density at radius 2 is 1.92 bits per heavy atom. The number of aromatic nitrogens is 2. The van der Waals surface area contributed by atoms with Crippen LogP contribution in [0, 0.1) is 0 Å². The molecule has 3 rings (SSSR count). The summed E-state index contributed by atoms with van der Waals surface area (Å²) in [5.41, 5.74) is 4.23. The zero-order valence-corrected chi connectivity index (χ0v) is 15.0. The molecular weight excluding hydrogens is 334 g/mol. The molecule has 0 aliphatic rings. The highest BCUT2D eigenvalue weighted by Gasteiger charge is 2.18. The Morgan fingerprint density at radius 3 is 2.64 bits per heavy atom. The number of para-hydroxylation sites is 1. The van der Waals surface area contributed by atoms with Gasteiger partial charge in [-0.1, -0.05) is 49.7 Å². The summed E-state index contributed by atoms with van der Waals surface area (Å²) in [6, 6.07) is 15.3. The van der Waals surface area contributed by atoms with E-state index in [1.807, 2.05) is 55.5 Å². The lowest BCUT2D eigenvalue weighted by molar-refractivity contribution is 0.102. The van der Waals surface area contributed by atoms with Crippen LogP contribution in [0.15, 0.2) is 54.7 Å². The fourth-order valence-electron chi connectivity index (χ4n) is 2.87. The number of benzene rings is 2. The second kappa shape index (κ2) is 7.53. The van der Waals surface area contributed by atoms with Crippen LogP contribution in [0.4, 0.5) is 5.69 Å². The summed E-state index contributed by atoms with van der Waals surface area (Å²) in [4.78, 5) is 12.8. The zero-order valence-electron chi connectivity index (χ0n) is 14.3. The molecule has 1 aromatic heterocycles. The van der Waals surface area contributed by atoms with Gasteiger partial charge in [-0.15, -0.1) is 0 Å². The van der Waals surface area contributed by atoms with Gasteiger partial charge in [0.2, 0.25) is 0 Å². The van der Waals surface area contributed by atoms with E-state index < -0.39 is 0 Å². The highest BCUT2D eigenvalue weighted by atomic mass is 35.5. The second-order valence-electron chi connectivity index (χ2n) is 5.71. The van der Waals surface area contributed by atoms with Crippen LogP contribution in [0.3, 0.4) is 0 Å². The first-order valence-corrected chi connectivity index (χ1v) is 8.74. The molecular formula is C20H20ClN3O. The summed E-state index contributed by atoms with van der Waals surface area (Å²) in [7, 11) is 0. The lowest BCUT2D eigenvalue weighted by atomic mass is 10.1. The third-order valence-electron chi connectivity index (χ3n) is 4.15. The molecule has 5 heteroatoms. The second-order valence-corrected chi connectivity index (χ2v) is 6.15. The van der Waals surface area contributed by atoms with Crippen molar-refractivity contribution in [3.05, 3.63) is 76.6 Å². The van der Waals surface area contributed by atoms with E-state index in [-0.39, 0.29) is 5.91 Å². The van der Waals surface area contributed by atoms with Crippen molar-refractivity contribution in [2.24, 2.45) is 0 Å². The van der Waals surface area contributed by atoms with Gasteiger partial charge in [-0.25, -0.2) is 4.68 Å². The fourth-order valence-corrected chi connectivity index (χ4v) is 3.06. The first kappa shape index (κ1) is 17.2. The molecule has 2 aromatic carbocycles. The molecule has 0 radical (unpaired) electrons. The lowest BCUT2D eigenvalue weighted by Gasteiger charge is -2.11. The Balaban J connectivity index is 1.94. The fraction of sp³-hybridized carbons (Fsp3) is 0.200. The Labute approximate surface area is 152 Å². The van der Waals surface area contributed by atoms with E-state index in [1.165, 1.54) is 0 Å². The number of hydrogen-bond acceptors (Lipinski definition) is 2. The van der Waals surface area contributed by atoms with E-state index in [1.54, 1.807) is 10.9 Å². The predicted molar refractivity (Wildman–Crippen MR) is 102 cm³/mol. The van der Waals surface area contributed by atoms with Crippen molar-refractivity contribution in [1.29, 1.82) is 0 Å². The molecule has 3 aromatic rings. The largest absolute Gasteiger partial charge is 0.322 e. The number of carbonyl (C=O) groups is 1. The lowest BCUT2D eigenvalue weighted by Crippen LogP contribution is -2.15. The van der Waals surface area contributed by atoms with Crippen molar-refractivity contribution in [3.63, 3.8) is 0 Å². The van der Waals surface area contributed by atoms with Gasteiger partial charge >= 0.3 is 0 Å². The predicted octanol–water partition coefficient (Wildman–Crippen LogP) is 4.90. The van der Waals surface area contributed by atoms with E-state index in [4.69, 9.17) is 11.6 Å². The number of nitrogens with one attached hydrogen (secondary N) is 1. The third kappa shape index (κ3) is 3.59. The summed E-state index contributed by atoms with van der Waals surface area (Å²) >= 11 is 6.08. The molecule has 4 nitrogen and oxygen atoms in total. The van der Waals surface area contributed by atoms with Crippen LogP contribution in [0.1, 0.15) is 35.5 Å². The number of anilines is 1. The van der Waals surface area contributed by atoms with Crippen molar-refractivity contribution in [2.45, 2.75) is 26.7 Å². The minimum Gasteiger partial charge on any atom is -0.322 e. The highest BCUT2D eigenvalue weighted by molar-refractivity contribution is 6.30. The first-order chi connectivity index (χ1) is 12.1. The number of aryl methyl sites for hydroxylation is 1. The summed E-state index contributed by atoms with van der Waals surface area (Å²) in [6.07, 6.45) is 3.16. The van der Waals surface area contributed by atoms with Crippen LogP contribution in [0.5, 0.6) is 0 Å². The third-order valence-corrected chi connectivity index (χ3v) is 4.38. The highest BCUT2D eigenvalue weighted by Crippen LogP contribution is 2.21. The van der Waals surface area contributed by atoms with E-state index in [0.29, 0.717) is 17.0 Å². The molecule has 0 bridgehead atoms. The topological polar surface area (TPSA) is 46.9 Å². The molecule has 1 N–H and O–H groups in total. The molecule has 0 spiro atoms. The number of carbonyl (C=O) groups excluding carboxylic acids is 1. The molecule has 1 heterocycles. The molecule has 0 aliphatic heterocycles. The molecule has 0 saturated carbocycles. The molecule has 0 unspecified atom stereocenters. The van der Waals surface area contributed by atoms with E-state index >= 15 is 0 Å². The monoisotopic (exact) mass is 353 g/mol. The Kier molecular flexibility index (Phi) is 5.19. The van der Waals surface area contributed by atoms with Gasteiger partial charge in [0.25, 0.3) is 5.91 Å². The number of halogens is 1. The van der Waals surface area contributed by atoms with Crippen LogP contribution in [0.2, 0.25) is 5.02 Å². The molecule has 128 valence electrons. The molecule has 0 saturated heterocycles. The molecule has 25 heavy (non-hydrogen) atoms. The maximum absolute atomic E-state index is 12.8. The van der Waals surface area contributed by atoms with Gasteiger partial charge in [-0.2, -0.15) is 5.10 Å². The zero-order chi connectivity index (χ0) is 17.8. The number of rotatable bonds is 5. The smallest absolute Gasteiger partial charge is 0.259 e. The summed E-state index contributed by atoms with van der Waals surface area (Å²) < 4.78 is 1.77. The van der Waals surface area contributed by atoms with Gasteiger partial charge < -0.3 is 5.32 Å². The molecule has 0 fully saturated rings. The SMILES string of the molecule is CCc1ccccc1NC(=O)c1cnn(-c2cccc(Cl)c2)c1CC. The first-order valence-electron chi connectivity index (χ1n) is 8.36. The minimum absolute atomic E-state index is 0.147. The Hall–Kier alpha value is -2.59. The van der Waals surface area contributed by atoms with Crippen LogP contribution in [-0.4, -0.2) is 15.7 Å². The minimum atomic E-state index is -0.147. The molecule has 0 aliphatic carbocycles. The Bertz CT molecular complexity index is 901. The van der Waals surface area contributed by atoms with Gasteiger partial charge in [0.1, 0.15) is 0 Å².